The Labute approximate surface area is 143 Å². The zero-order valence-electron chi connectivity index (χ0n) is 14.0. The first-order valence-corrected chi connectivity index (χ1v) is 9.71. The van der Waals surface area contributed by atoms with Crippen molar-refractivity contribution in [1.82, 2.24) is 5.32 Å². The summed E-state index contributed by atoms with van der Waals surface area (Å²) in [7, 11) is 0. The number of hydrogen-bond donors (Lipinski definition) is 1. The summed E-state index contributed by atoms with van der Waals surface area (Å²) in [6.45, 7) is 4.97. The lowest BCUT2D eigenvalue weighted by atomic mass is 9.92. The smallest absolute Gasteiger partial charge is 0.119 e. The maximum atomic E-state index is 6.14. The van der Waals surface area contributed by atoms with Crippen molar-refractivity contribution in [1.29, 1.82) is 0 Å². The minimum Gasteiger partial charge on any atom is -0.493 e. The molecular weight excluding hydrogens is 302 g/mol. The summed E-state index contributed by atoms with van der Waals surface area (Å²) in [5, 5.41) is 5.63. The Morgan fingerprint density at radius 3 is 2.83 bits per heavy atom. The number of aryl methyl sites for hydroxylation is 2. The maximum absolute atomic E-state index is 6.14. The molecule has 1 aromatic carbocycles. The average molecular weight is 330 g/mol. The predicted molar refractivity (Wildman–Crippen MR) is 98.6 cm³/mol. The van der Waals surface area contributed by atoms with E-state index in [0.29, 0.717) is 5.92 Å². The van der Waals surface area contributed by atoms with Crippen LogP contribution in [0.1, 0.15) is 35.8 Å². The molecule has 1 heterocycles. The Kier molecular flexibility index (Phi) is 6.12. The third-order valence-corrected chi connectivity index (χ3v) is 5.46. The second-order valence-corrected chi connectivity index (χ2v) is 7.44. The van der Waals surface area contributed by atoms with Gasteiger partial charge in [0.25, 0.3) is 0 Å². The van der Waals surface area contributed by atoms with Gasteiger partial charge in [-0.3, -0.25) is 0 Å². The number of fused-ring (bicyclic) bond motifs is 1. The van der Waals surface area contributed by atoms with Crippen LogP contribution in [0.4, 0.5) is 0 Å². The van der Waals surface area contributed by atoms with Crippen LogP contribution in [0.3, 0.4) is 0 Å². The topological polar surface area (TPSA) is 21.3 Å². The molecule has 0 saturated heterocycles. The van der Waals surface area contributed by atoms with Crippen LogP contribution in [0, 0.1) is 5.92 Å². The lowest BCUT2D eigenvalue weighted by molar-refractivity contribution is 0.244. The van der Waals surface area contributed by atoms with Crippen LogP contribution < -0.4 is 10.1 Å². The predicted octanol–water partition coefficient (Wildman–Crippen LogP) is 4.47. The minimum atomic E-state index is 0.518. The van der Waals surface area contributed by atoms with E-state index < -0.39 is 0 Å². The minimum absolute atomic E-state index is 0.518. The lowest BCUT2D eigenvalue weighted by Crippen LogP contribution is -2.28. The van der Waals surface area contributed by atoms with Gasteiger partial charge in [-0.2, -0.15) is 0 Å². The number of hydrogen-bond acceptors (Lipinski definition) is 3. The fraction of sp³-hybridized carbons (Fsp3) is 0.500. The van der Waals surface area contributed by atoms with Gasteiger partial charge in [-0.15, -0.1) is 11.3 Å². The number of nitrogens with one attached hydrogen (secondary N) is 1. The van der Waals surface area contributed by atoms with E-state index in [2.05, 4.69) is 48.0 Å². The van der Waals surface area contributed by atoms with Crippen LogP contribution in [-0.4, -0.2) is 19.7 Å². The van der Waals surface area contributed by atoms with Crippen LogP contribution in [0.15, 0.2) is 35.7 Å². The van der Waals surface area contributed by atoms with Gasteiger partial charge in [0.15, 0.2) is 0 Å². The van der Waals surface area contributed by atoms with Crippen molar-refractivity contribution in [3.8, 4) is 5.75 Å². The third kappa shape index (κ3) is 4.82. The Bertz CT molecular complexity index is 594. The van der Waals surface area contributed by atoms with Crippen LogP contribution in [0.2, 0.25) is 0 Å². The first-order valence-electron chi connectivity index (χ1n) is 8.83. The van der Waals surface area contributed by atoms with E-state index in [1.807, 2.05) is 11.3 Å². The van der Waals surface area contributed by atoms with Gasteiger partial charge in [0.2, 0.25) is 0 Å². The third-order valence-electron chi connectivity index (χ3n) is 4.56. The molecule has 23 heavy (non-hydrogen) atoms. The summed E-state index contributed by atoms with van der Waals surface area (Å²) in [6.07, 6.45) is 6.19. The fourth-order valence-electron chi connectivity index (χ4n) is 3.27. The monoisotopic (exact) mass is 329 g/mol. The van der Waals surface area contributed by atoms with E-state index in [9.17, 15) is 0 Å². The Morgan fingerprint density at radius 1 is 1.17 bits per heavy atom. The molecule has 0 aliphatic heterocycles. The molecule has 1 aliphatic carbocycles. The zero-order valence-corrected chi connectivity index (χ0v) is 14.8. The van der Waals surface area contributed by atoms with Crippen molar-refractivity contribution >= 4 is 11.3 Å². The molecule has 1 unspecified atom stereocenters. The van der Waals surface area contributed by atoms with Gasteiger partial charge in [-0.05, 0) is 73.4 Å². The quantitative estimate of drug-likeness (QED) is 0.771. The highest BCUT2D eigenvalue weighted by atomic mass is 32.1. The molecule has 0 saturated carbocycles. The van der Waals surface area contributed by atoms with Gasteiger partial charge in [-0.1, -0.05) is 19.1 Å². The second kappa shape index (κ2) is 8.51. The first kappa shape index (κ1) is 16.5. The van der Waals surface area contributed by atoms with E-state index in [1.54, 1.807) is 0 Å². The van der Waals surface area contributed by atoms with Gasteiger partial charge in [0, 0.05) is 17.3 Å². The standard InChI is InChI=1S/C20H27NOS/c1-2-21-14-16(12-20-8-5-11-23-20)15-22-19-10-9-17-6-3-4-7-18(17)13-19/h5,8-11,13,16,21H,2-4,6-7,12,14-15H2,1H3. The molecule has 1 aliphatic rings. The van der Waals surface area contributed by atoms with Gasteiger partial charge in [0.1, 0.15) is 5.75 Å². The summed E-state index contributed by atoms with van der Waals surface area (Å²) < 4.78 is 6.14. The fourth-order valence-corrected chi connectivity index (χ4v) is 4.09. The van der Waals surface area contributed by atoms with E-state index in [1.165, 1.54) is 41.7 Å². The highest BCUT2D eigenvalue weighted by Gasteiger charge is 2.13. The number of rotatable bonds is 8. The van der Waals surface area contributed by atoms with Gasteiger partial charge in [-0.25, -0.2) is 0 Å². The highest BCUT2D eigenvalue weighted by molar-refractivity contribution is 7.09. The van der Waals surface area contributed by atoms with Gasteiger partial charge >= 0.3 is 0 Å². The molecule has 0 amide bonds. The molecule has 0 radical (unpaired) electrons. The van der Waals surface area contributed by atoms with Gasteiger partial charge in [0.05, 0.1) is 6.61 Å². The molecular formula is C20H27NOS. The van der Waals surface area contributed by atoms with Crippen molar-refractivity contribution in [3.05, 3.63) is 51.7 Å². The molecule has 3 heteroatoms. The summed E-state index contributed by atoms with van der Waals surface area (Å²) in [5.41, 5.74) is 3.02. The Balaban J connectivity index is 1.58. The number of ether oxygens (including phenoxy) is 1. The SMILES string of the molecule is CCNCC(COc1ccc2c(c1)CCCC2)Cc1cccs1. The largest absolute Gasteiger partial charge is 0.493 e. The van der Waals surface area contributed by atoms with Crippen molar-refractivity contribution in [2.45, 2.75) is 39.0 Å². The average Bonchev–Trinajstić information content (AvgIpc) is 3.10. The lowest BCUT2D eigenvalue weighted by Gasteiger charge is -2.20. The first-order chi connectivity index (χ1) is 11.3. The van der Waals surface area contributed by atoms with Crippen LogP contribution in [-0.2, 0) is 19.3 Å². The normalized spacial score (nSPS) is 15.2. The molecule has 2 nitrogen and oxygen atoms in total. The van der Waals surface area contributed by atoms with Crippen molar-refractivity contribution in [2.75, 3.05) is 19.7 Å². The zero-order chi connectivity index (χ0) is 15.9. The molecule has 0 fully saturated rings. The molecule has 3 rings (SSSR count). The number of thiophene rings is 1. The summed E-state index contributed by atoms with van der Waals surface area (Å²) in [4.78, 5) is 1.45. The summed E-state index contributed by atoms with van der Waals surface area (Å²) in [5.74, 6) is 1.56. The number of benzene rings is 1. The maximum Gasteiger partial charge on any atom is 0.119 e. The van der Waals surface area contributed by atoms with E-state index in [0.717, 1.165) is 31.9 Å². The van der Waals surface area contributed by atoms with Crippen LogP contribution in [0.25, 0.3) is 0 Å². The van der Waals surface area contributed by atoms with Crippen molar-refractivity contribution < 1.29 is 4.74 Å². The molecule has 1 N–H and O–H groups in total. The Morgan fingerprint density at radius 2 is 2.04 bits per heavy atom. The Hall–Kier alpha value is -1.32. The van der Waals surface area contributed by atoms with Crippen LogP contribution >= 0.6 is 11.3 Å². The van der Waals surface area contributed by atoms with Crippen LogP contribution in [0.5, 0.6) is 5.75 Å². The van der Waals surface area contributed by atoms with Gasteiger partial charge < -0.3 is 10.1 Å². The second-order valence-electron chi connectivity index (χ2n) is 6.41. The molecule has 1 atom stereocenters. The molecule has 1 aromatic heterocycles. The molecule has 0 spiro atoms. The van der Waals surface area contributed by atoms with E-state index in [4.69, 9.17) is 4.74 Å². The highest BCUT2D eigenvalue weighted by Crippen LogP contribution is 2.26. The summed E-state index contributed by atoms with van der Waals surface area (Å²) in [6, 6.07) is 11.0. The van der Waals surface area contributed by atoms with E-state index in [-0.39, 0.29) is 0 Å². The molecule has 2 aromatic rings. The van der Waals surface area contributed by atoms with Crippen molar-refractivity contribution in [2.24, 2.45) is 5.92 Å². The van der Waals surface area contributed by atoms with Crippen molar-refractivity contribution in [3.63, 3.8) is 0 Å². The summed E-state index contributed by atoms with van der Waals surface area (Å²) >= 11 is 1.84. The molecule has 124 valence electrons. The van der Waals surface area contributed by atoms with E-state index >= 15 is 0 Å². The molecule has 0 bridgehead atoms.